The van der Waals surface area contributed by atoms with Gasteiger partial charge >= 0.3 is 0 Å². The number of amides is 2. The fourth-order valence-corrected chi connectivity index (χ4v) is 7.62. The maximum Gasteiger partial charge on any atom is 0.264 e. The molecule has 43 heavy (non-hydrogen) atoms. The monoisotopic (exact) mass is 663 g/mol. The summed E-state index contributed by atoms with van der Waals surface area (Å²) in [6.45, 7) is 3.01. The van der Waals surface area contributed by atoms with Crippen LogP contribution in [-0.4, -0.2) is 43.8 Å². The minimum atomic E-state index is -4.18. The lowest BCUT2D eigenvalue weighted by atomic mass is 9.95. The Bertz CT molecular complexity index is 1550. The summed E-state index contributed by atoms with van der Waals surface area (Å²) >= 11 is 18.8. The number of nitrogens with one attached hydrogen (secondary N) is 1. The molecule has 230 valence electrons. The van der Waals surface area contributed by atoms with E-state index in [0.717, 1.165) is 36.4 Å². The Balaban J connectivity index is 1.74. The number of nitrogens with zero attached hydrogens (tertiary/aromatic N) is 2. The summed E-state index contributed by atoms with van der Waals surface area (Å²) in [6, 6.07) is 16.9. The van der Waals surface area contributed by atoms with Crippen molar-refractivity contribution in [1.29, 1.82) is 0 Å². The van der Waals surface area contributed by atoms with Gasteiger partial charge in [-0.2, -0.15) is 0 Å². The Hall–Kier alpha value is -2.78. The third kappa shape index (κ3) is 8.24. The maximum absolute atomic E-state index is 14.3. The second kappa shape index (κ2) is 14.8. The highest BCUT2D eigenvalue weighted by Gasteiger charge is 2.35. The van der Waals surface area contributed by atoms with E-state index in [-0.39, 0.29) is 23.4 Å². The quantitative estimate of drug-likeness (QED) is 0.231. The molecule has 0 aliphatic heterocycles. The molecule has 0 aromatic heterocycles. The molecule has 7 nitrogen and oxygen atoms in total. The largest absolute Gasteiger partial charge is 0.352 e. The predicted octanol–water partition coefficient (Wildman–Crippen LogP) is 7.41. The van der Waals surface area contributed by atoms with E-state index in [2.05, 4.69) is 5.32 Å². The summed E-state index contributed by atoms with van der Waals surface area (Å²) in [4.78, 5) is 29.4. The summed E-state index contributed by atoms with van der Waals surface area (Å²) in [5.41, 5.74) is 1.48. The number of sulfonamides is 1. The van der Waals surface area contributed by atoms with Crippen molar-refractivity contribution in [3.8, 4) is 0 Å². The molecule has 0 bridgehead atoms. The molecular formula is C32H36Cl3N3O4S. The Kier molecular flexibility index (Phi) is 11.4. The average Bonchev–Trinajstić information content (AvgIpc) is 2.98. The molecule has 1 atom stereocenters. The van der Waals surface area contributed by atoms with Gasteiger partial charge in [0, 0.05) is 27.7 Å². The molecule has 11 heteroatoms. The number of carbonyl (C=O) groups is 2. The number of hydrogen-bond acceptors (Lipinski definition) is 4. The van der Waals surface area contributed by atoms with Gasteiger partial charge in [-0.25, -0.2) is 8.42 Å². The number of carbonyl (C=O) groups excluding carboxylic acids is 2. The van der Waals surface area contributed by atoms with E-state index in [1.165, 1.54) is 17.0 Å². The van der Waals surface area contributed by atoms with Crippen LogP contribution in [0.4, 0.5) is 5.69 Å². The lowest BCUT2D eigenvalue weighted by molar-refractivity contribution is -0.140. The van der Waals surface area contributed by atoms with Crippen molar-refractivity contribution in [3.63, 3.8) is 0 Å². The number of hydrogen-bond donors (Lipinski definition) is 1. The molecule has 1 fully saturated rings. The third-order valence-electron chi connectivity index (χ3n) is 7.73. The summed E-state index contributed by atoms with van der Waals surface area (Å²) in [6.07, 6.45) is 5.31. The van der Waals surface area contributed by atoms with Gasteiger partial charge in [0.25, 0.3) is 10.0 Å². The highest BCUT2D eigenvalue weighted by molar-refractivity contribution is 7.92. The van der Waals surface area contributed by atoms with E-state index in [0.29, 0.717) is 38.3 Å². The summed E-state index contributed by atoms with van der Waals surface area (Å²) in [7, 11) is -4.18. The summed E-state index contributed by atoms with van der Waals surface area (Å²) in [5.74, 6) is -0.821. The van der Waals surface area contributed by atoms with Crippen molar-refractivity contribution in [3.05, 3.63) is 92.9 Å². The first-order valence-corrected chi connectivity index (χ1v) is 17.0. The molecule has 4 rings (SSSR count). The molecule has 0 radical (unpaired) electrons. The average molecular weight is 665 g/mol. The smallest absolute Gasteiger partial charge is 0.264 e. The van der Waals surface area contributed by atoms with Crippen LogP contribution in [0, 0.1) is 6.92 Å². The van der Waals surface area contributed by atoms with Crippen molar-refractivity contribution in [2.45, 2.75) is 75.9 Å². The van der Waals surface area contributed by atoms with E-state index >= 15 is 0 Å². The van der Waals surface area contributed by atoms with Crippen LogP contribution in [0.3, 0.4) is 0 Å². The number of rotatable bonds is 11. The number of halogens is 3. The predicted molar refractivity (Wildman–Crippen MR) is 173 cm³/mol. The Morgan fingerprint density at radius 3 is 2.21 bits per heavy atom. The topological polar surface area (TPSA) is 86.8 Å². The van der Waals surface area contributed by atoms with E-state index < -0.39 is 28.5 Å². The van der Waals surface area contributed by atoms with Crippen molar-refractivity contribution >= 4 is 62.3 Å². The lowest BCUT2D eigenvalue weighted by Crippen LogP contribution is -2.54. The van der Waals surface area contributed by atoms with Crippen LogP contribution in [-0.2, 0) is 26.2 Å². The number of anilines is 1. The van der Waals surface area contributed by atoms with Gasteiger partial charge in [0.2, 0.25) is 11.8 Å². The van der Waals surface area contributed by atoms with Crippen molar-refractivity contribution in [1.82, 2.24) is 10.2 Å². The Labute approximate surface area is 269 Å². The third-order valence-corrected chi connectivity index (χ3v) is 10.3. The zero-order chi connectivity index (χ0) is 31.1. The van der Waals surface area contributed by atoms with Crippen LogP contribution in [0.25, 0.3) is 0 Å². The summed E-state index contributed by atoms with van der Waals surface area (Å²) < 4.78 is 29.1. The van der Waals surface area contributed by atoms with E-state index in [1.54, 1.807) is 61.5 Å². The van der Waals surface area contributed by atoms with Crippen molar-refractivity contribution in [2.75, 3.05) is 10.8 Å². The van der Waals surface area contributed by atoms with E-state index in [4.69, 9.17) is 34.8 Å². The zero-order valence-corrected chi connectivity index (χ0v) is 27.3. The molecule has 0 heterocycles. The molecule has 0 saturated heterocycles. The highest BCUT2D eigenvalue weighted by atomic mass is 35.5. The highest BCUT2D eigenvalue weighted by Crippen LogP contribution is 2.30. The van der Waals surface area contributed by atoms with Crippen LogP contribution >= 0.6 is 34.8 Å². The molecular weight excluding hydrogens is 629 g/mol. The minimum Gasteiger partial charge on any atom is -0.352 e. The van der Waals surface area contributed by atoms with Crippen LogP contribution in [0.15, 0.2) is 71.6 Å². The first kappa shape index (κ1) is 33.1. The zero-order valence-electron chi connectivity index (χ0n) is 24.2. The second-order valence-electron chi connectivity index (χ2n) is 10.8. The van der Waals surface area contributed by atoms with Crippen LogP contribution < -0.4 is 9.62 Å². The molecule has 1 saturated carbocycles. The van der Waals surface area contributed by atoms with Gasteiger partial charge in [-0.3, -0.25) is 13.9 Å². The maximum atomic E-state index is 14.3. The Morgan fingerprint density at radius 1 is 0.930 bits per heavy atom. The van der Waals surface area contributed by atoms with Gasteiger partial charge in [-0.05, 0) is 79.8 Å². The lowest BCUT2D eigenvalue weighted by Gasteiger charge is -2.35. The molecule has 2 amide bonds. The standard InChI is InChI=1S/C32H36Cl3N3O4S/c1-3-29(32(40)36-26-10-6-4-7-11-26)37(20-23-14-15-25(34)19-28(23)35)31(39)21-38(30-17-16-24(33)18-22(30)2)43(41,42)27-12-8-5-9-13-27/h5,8-9,12-19,26,29H,3-4,6-7,10-11,20-21H2,1-2H3,(H,36,40)/t29-/m1/s1. The van der Waals surface area contributed by atoms with Crippen LogP contribution in [0.5, 0.6) is 0 Å². The first-order chi connectivity index (χ1) is 20.5. The van der Waals surface area contributed by atoms with Crippen LogP contribution in [0.1, 0.15) is 56.6 Å². The van der Waals surface area contributed by atoms with Gasteiger partial charge in [-0.15, -0.1) is 0 Å². The fraction of sp³-hybridized carbons (Fsp3) is 0.375. The molecule has 0 unspecified atom stereocenters. The molecule has 3 aromatic carbocycles. The van der Waals surface area contributed by atoms with Gasteiger partial charge < -0.3 is 10.2 Å². The molecule has 0 spiro atoms. The molecule has 1 aliphatic carbocycles. The molecule has 1 N–H and O–H groups in total. The Morgan fingerprint density at radius 2 is 1.58 bits per heavy atom. The number of benzene rings is 3. The van der Waals surface area contributed by atoms with Crippen LogP contribution in [0.2, 0.25) is 15.1 Å². The van der Waals surface area contributed by atoms with Crippen molar-refractivity contribution in [2.24, 2.45) is 0 Å². The molecule has 1 aliphatic rings. The SMILES string of the molecule is CC[C@H](C(=O)NC1CCCCC1)N(Cc1ccc(Cl)cc1Cl)C(=O)CN(c1ccc(Cl)cc1C)S(=O)(=O)c1ccccc1. The fourth-order valence-electron chi connectivity index (χ4n) is 5.43. The van der Waals surface area contributed by atoms with E-state index in [1.807, 2.05) is 6.92 Å². The first-order valence-electron chi connectivity index (χ1n) is 14.4. The summed E-state index contributed by atoms with van der Waals surface area (Å²) in [5, 5.41) is 4.36. The van der Waals surface area contributed by atoms with Gasteiger partial charge in [0.1, 0.15) is 12.6 Å². The number of aryl methyl sites for hydroxylation is 1. The van der Waals surface area contributed by atoms with Gasteiger partial charge in [0.15, 0.2) is 0 Å². The normalized spacial score (nSPS) is 14.6. The van der Waals surface area contributed by atoms with Gasteiger partial charge in [0.05, 0.1) is 10.6 Å². The minimum absolute atomic E-state index is 0.00967. The second-order valence-corrected chi connectivity index (χ2v) is 13.9. The van der Waals surface area contributed by atoms with Crippen molar-refractivity contribution < 1.29 is 18.0 Å². The molecule has 3 aromatic rings. The van der Waals surface area contributed by atoms with E-state index in [9.17, 15) is 18.0 Å². The van der Waals surface area contributed by atoms with Gasteiger partial charge in [-0.1, -0.05) is 85.3 Å².